The van der Waals surface area contributed by atoms with Gasteiger partial charge in [-0.25, -0.2) is 17.7 Å². The van der Waals surface area contributed by atoms with Gasteiger partial charge in [-0.3, -0.25) is 0 Å². The molecule has 1 aromatic carbocycles. The fourth-order valence-electron chi connectivity index (χ4n) is 3.99. The smallest absolute Gasteiger partial charge is 0.225 e. The molecule has 144 valence electrons. The van der Waals surface area contributed by atoms with Crippen LogP contribution in [0.5, 0.6) is 5.88 Å². The minimum absolute atomic E-state index is 0.0190. The van der Waals surface area contributed by atoms with Crippen molar-refractivity contribution >= 4 is 5.65 Å². The van der Waals surface area contributed by atoms with E-state index in [-0.39, 0.29) is 28.6 Å². The fraction of sp³-hybridized carbons (Fsp3) is 0.350. The third-order valence-corrected chi connectivity index (χ3v) is 5.21. The molecule has 5 nitrogen and oxygen atoms in total. The summed E-state index contributed by atoms with van der Waals surface area (Å²) in [6, 6.07) is 3.29. The molecule has 2 heterocycles. The molecule has 2 aromatic heterocycles. The number of aromatic nitrogens is 3. The van der Waals surface area contributed by atoms with Gasteiger partial charge in [-0.1, -0.05) is 19.3 Å². The number of nitrogens with zero attached hydrogens (tertiary/aromatic N) is 4. The highest BCUT2D eigenvalue weighted by Gasteiger charge is 2.30. The molecular formula is C20H17F3N4O. The second kappa shape index (κ2) is 7.15. The summed E-state index contributed by atoms with van der Waals surface area (Å²) in [7, 11) is 1.34. The van der Waals surface area contributed by atoms with Gasteiger partial charge in [0.05, 0.1) is 30.1 Å². The Morgan fingerprint density at radius 2 is 1.79 bits per heavy atom. The molecule has 0 bridgehead atoms. The van der Waals surface area contributed by atoms with Crippen LogP contribution in [0.2, 0.25) is 0 Å². The lowest BCUT2D eigenvalue weighted by Crippen LogP contribution is -2.15. The Balaban J connectivity index is 2.11. The number of methoxy groups -OCH3 is 1. The van der Waals surface area contributed by atoms with Crippen LogP contribution in [-0.4, -0.2) is 21.7 Å². The summed E-state index contributed by atoms with van der Waals surface area (Å²) in [5, 5.41) is 13.6. The third-order valence-electron chi connectivity index (χ3n) is 5.21. The first-order chi connectivity index (χ1) is 13.5. The van der Waals surface area contributed by atoms with E-state index in [1.165, 1.54) is 17.8 Å². The summed E-state index contributed by atoms with van der Waals surface area (Å²) in [5.74, 6) is -3.15. The fourth-order valence-corrected chi connectivity index (χ4v) is 3.99. The summed E-state index contributed by atoms with van der Waals surface area (Å²) in [6.07, 6.45) is 6.01. The summed E-state index contributed by atoms with van der Waals surface area (Å²) in [5.41, 5.74) is 0.757. The van der Waals surface area contributed by atoms with E-state index in [1.54, 1.807) is 0 Å². The van der Waals surface area contributed by atoms with E-state index in [0.29, 0.717) is 17.8 Å². The van der Waals surface area contributed by atoms with Crippen molar-refractivity contribution < 1.29 is 17.9 Å². The van der Waals surface area contributed by atoms with Gasteiger partial charge >= 0.3 is 0 Å². The van der Waals surface area contributed by atoms with Gasteiger partial charge in [0.25, 0.3) is 0 Å². The number of fused-ring (bicyclic) bond motifs is 1. The molecule has 1 saturated carbocycles. The summed E-state index contributed by atoms with van der Waals surface area (Å²) in [4.78, 5) is 4.29. The van der Waals surface area contributed by atoms with Crippen molar-refractivity contribution in [2.75, 3.05) is 7.11 Å². The zero-order valence-electron chi connectivity index (χ0n) is 15.2. The maximum atomic E-state index is 14.7. The molecule has 0 amide bonds. The topological polar surface area (TPSA) is 63.2 Å². The third kappa shape index (κ3) is 2.87. The van der Waals surface area contributed by atoms with Crippen molar-refractivity contribution in [3.05, 3.63) is 47.0 Å². The van der Waals surface area contributed by atoms with E-state index >= 15 is 0 Å². The monoisotopic (exact) mass is 386 g/mol. The summed E-state index contributed by atoms with van der Waals surface area (Å²) >= 11 is 0. The van der Waals surface area contributed by atoms with Crippen molar-refractivity contribution in [1.29, 1.82) is 5.26 Å². The van der Waals surface area contributed by atoms with E-state index < -0.39 is 23.0 Å². The van der Waals surface area contributed by atoms with Crippen LogP contribution < -0.4 is 4.74 Å². The van der Waals surface area contributed by atoms with Crippen LogP contribution in [0.1, 0.15) is 49.3 Å². The molecule has 0 radical (unpaired) electrons. The highest BCUT2D eigenvalue weighted by Crippen LogP contribution is 2.43. The molecule has 1 aliphatic carbocycles. The van der Waals surface area contributed by atoms with Crippen molar-refractivity contribution in [1.82, 2.24) is 14.6 Å². The minimum Gasteiger partial charge on any atom is -0.480 e. The van der Waals surface area contributed by atoms with Gasteiger partial charge in [0.15, 0.2) is 5.65 Å². The van der Waals surface area contributed by atoms with Crippen molar-refractivity contribution in [2.24, 2.45) is 0 Å². The molecule has 1 fully saturated rings. The van der Waals surface area contributed by atoms with Crippen molar-refractivity contribution in [2.45, 2.75) is 38.0 Å². The van der Waals surface area contributed by atoms with E-state index in [9.17, 15) is 18.4 Å². The number of rotatable bonds is 3. The molecule has 3 aromatic rings. The van der Waals surface area contributed by atoms with Crippen LogP contribution in [-0.2, 0) is 0 Å². The Labute approximate surface area is 159 Å². The molecule has 1 aliphatic rings. The predicted molar refractivity (Wildman–Crippen MR) is 95.4 cm³/mol. The average molecular weight is 386 g/mol. The first-order valence-electron chi connectivity index (χ1n) is 9.05. The van der Waals surface area contributed by atoms with E-state index in [1.807, 2.05) is 6.07 Å². The summed E-state index contributed by atoms with van der Waals surface area (Å²) < 4.78 is 49.7. The maximum Gasteiger partial charge on any atom is 0.225 e. The Bertz CT molecular complexity index is 1070. The number of nitriles is 1. The van der Waals surface area contributed by atoms with Gasteiger partial charge < -0.3 is 4.74 Å². The van der Waals surface area contributed by atoms with Crippen molar-refractivity contribution in [3.63, 3.8) is 0 Å². The lowest BCUT2D eigenvalue weighted by Gasteiger charge is -2.26. The lowest BCUT2D eigenvalue weighted by molar-refractivity contribution is 0.391. The van der Waals surface area contributed by atoms with Gasteiger partial charge in [0.2, 0.25) is 5.88 Å². The van der Waals surface area contributed by atoms with Crippen LogP contribution in [0.4, 0.5) is 13.2 Å². The standard InChI is InChI=1S/C20H17F3N4O/c1-28-20-17(16-14(22)7-13(21)8-15(16)23)18(11-5-3-2-4-6-11)27-19(26-20)12(9-24)10-25-27/h7-8,10-11H,2-6H2,1H3. The van der Waals surface area contributed by atoms with Gasteiger partial charge in [-0.05, 0) is 12.8 Å². The molecule has 0 spiro atoms. The number of hydrogen-bond donors (Lipinski definition) is 0. The summed E-state index contributed by atoms with van der Waals surface area (Å²) in [6.45, 7) is 0. The molecule has 0 aliphatic heterocycles. The first-order valence-corrected chi connectivity index (χ1v) is 9.05. The number of hydrogen-bond acceptors (Lipinski definition) is 4. The van der Waals surface area contributed by atoms with Gasteiger partial charge in [-0.15, -0.1) is 0 Å². The molecule has 0 saturated heterocycles. The van der Waals surface area contributed by atoms with Crippen LogP contribution in [0.25, 0.3) is 16.8 Å². The SMILES string of the molecule is COc1nc2c(C#N)cnn2c(C2CCCCC2)c1-c1c(F)cc(F)cc1F. The molecule has 0 unspecified atom stereocenters. The highest BCUT2D eigenvalue weighted by atomic mass is 19.1. The molecule has 8 heteroatoms. The quantitative estimate of drug-likeness (QED) is 0.652. The van der Waals surface area contributed by atoms with Crippen LogP contribution >= 0.6 is 0 Å². The highest BCUT2D eigenvalue weighted by molar-refractivity contribution is 5.75. The Morgan fingerprint density at radius 1 is 1.11 bits per heavy atom. The second-order valence-electron chi connectivity index (χ2n) is 6.87. The molecule has 28 heavy (non-hydrogen) atoms. The molecule has 4 rings (SSSR count). The second-order valence-corrected chi connectivity index (χ2v) is 6.87. The van der Waals surface area contributed by atoms with Gasteiger partial charge in [-0.2, -0.15) is 15.3 Å². The van der Waals surface area contributed by atoms with Crippen LogP contribution in [0.15, 0.2) is 18.3 Å². The molecular weight excluding hydrogens is 369 g/mol. The lowest BCUT2D eigenvalue weighted by atomic mass is 9.83. The van der Waals surface area contributed by atoms with E-state index in [4.69, 9.17) is 4.74 Å². The zero-order chi connectivity index (χ0) is 19.8. The molecule has 0 atom stereocenters. The Hall–Kier alpha value is -3.08. The predicted octanol–water partition coefficient (Wildman–Crippen LogP) is 4.74. The van der Waals surface area contributed by atoms with Crippen molar-refractivity contribution in [3.8, 4) is 23.1 Å². The minimum atomic E-state index is -1.04. The van der Waals surface area contributed by atoms with E-state index in [0.717, 1.165) is 32.1 Å². The average Bonchev–Trinajstić information content (AvgIpc) is 3.09. The largest absolute Gasteiger partial charge is 0.480 e. The Morgan fingerprint density at radius 3 is 2.39 bits per heavy atom. The van der Waals surface area contributed by atoms with Gasteiger partial charge in [0, 0.05) is 18.1 Å². The molecule has 0 N–H and O–H groups in total. The number of halogens is 3. The first kappa shape index (κ1) is 18.3. The van der Waals surface area contributed by atoms with E-state index in [2.05, 4.69) is 10.1 Å². The number of ether oxygens (including phenoxy) is 1. The van der Waals surface area contributed by atoms with Gasteiger partial charge in [0.1, 0.15) is 29.1 Å². The Kier molecular flexibility index (Phi) is 4.67. The maximum absolute atomic E-state index is 14.7. The van der Waals surface area contributed by atoms with Crippen LogP contribution in [0.3, 0.4) is 0 Å². The normalized spacial score (nSPS) is 15.0. The zero-order valence-corrected chi connectivity index (χ0v) is 15.2. The number of benzene rings is 1. The van der Waals surface area contributed by atoms with Crippen LogP contribution in [0, 0.1) is 28.8 Å².